The maximum absolute atomic E-state index is 14.5. The summed E-state index contributed by atoms with van der Waals surface area (Å²) < 4.78 is 14.5. The summed E-state index contributed by atoms with van der Waals surface area (Å²) in [6, 6.07) is 6.85. The van der Waals surface area contributed by atoms with E-state index in [0.29, 0.717) is 37.5 Å². The molecular formula is C26H35FN6O2. The second-order valence-corrected chi connectivity index (χ2v) is 9.70. The van der Waals surface area contributed by atoms with Crippen LogP contribution in [0.2, 0.25) is 0 Å². The van der Waals surface area contributed by atoms with Gasteiger partial charge in [0.25, 0.3) is 0 Å². The minimum atomic E-state index is -0.404. The first-order valence-electron chi connectivity index (χ1n) is 12.5. The highest BCUT2D eigenvalue weighted by Gasteiger charge is 2.33. The van der Waals surface area contributed by atoms with Gasteiger partial charge in [0.15, 0.2) is 5.82 Å². The number of anilines is 1. The van der Waals surface area contributed by atoms with Crippen molar-refractivity contribution < 1.29 is 14.0 Å². The quantitative estimate of drug-likeness (QED) is 0.479. The number of amides is 1. The SMILES string of the molecule is CC(C)ON=C(c1ncccc1F)C1CCN(C(=O)C2CCN(Cc3ccnc(N)c3)CC2)CC1. The van der Waals surface area contributed by atoms with Crippen LogP contribution in [0.25, 0.3) is 0 Å². The summed E-state index contributed by atoms with van der Waals surface area (Å²) >= 11 is 0. The fraction of sp³-hybridized carbons (Fsp3) is 0.538. The lowest BCUT2D eigenvalue weighted by Crippen LogP contribution is -2.46. The number of halogens is 1. The van der Waals surface area contributed by atoms with E-state index in [-0.39, 0.29) is 29.5 Å². The number of rotatable bonds is 7. The molecular weight excluding hydrogens is 447 g/mol. The summed E-state index contributed by atoms with van der Waals surface area (Å²) in [5, 5.41) is 4.28. The number of hydrogen-bond donors (Lipinski definition) is 1. The minimum Gasteiger partial charge on any atom is -0.393 e. The molecule has 2 aromatic rings. The molecule has 0 radical (unpaired) electrons. The molecule has 9 heteroatoms. The molecule has 0 aliphatic carbocycles. The molecule has 35 heavy (non-hydrogen) atoms. The van der Waals surface area contributed by atoms with Crippen LogP contribution < -0.4 is 5.73 Å². The molecule has 2 N–H and O–H groups in total. The number of nitrogens with two attached hydrogens (primary N) is 1. The molecule has 0 unspecified atom stereocenters. The molecule has 2 saturated heterocycles. The van der Waals surface area contributed by atoms with Gasteiger partial charge >= 0.3 is 0 Å². The van der Waals surface area contributed by atoms with Crippen molar-refractivity contribution in [3.63, 3.8) is 0 Å². The highest BCUT2D eigenvalue weighted by Crippen LogP contribution is 2.27. The van der Waals surface area contributed by atoms with Crippen LogP contribution in [0, 0.1) is 17.7 Å². The highest BCUT2D eigenvalue weighted by atomic mass is 19.1. The van der Waals surface area contributed by atoms with Crippen molar-refractivity contribution in [3.8, 4) is 0 Å². The fourth-order valence-electron chi connectivity index (χ4n) is 4.87. The third kappa shape index (κ3) is 6.54. The Balaban J connectivity index is 1.31. The van der Waals surface area contributed by atoms with Crippen molar-refractivity contribution in [1.82, 2.24) is 19.8 Å². The number of nitrogen functional groups attached to an aromatic ring is 1. The van der Waals surface area contributed by atoms with Crippen LogP contribution in [0.15, 0.2) is 41.8 Å². The molecule has 2 aromatic heterocycles. The zero-order valence-electron chi connectivity index (χ0n) is 20.6. The van der Waals surface area contributed by atoms with Crippen molar-refractivity contribution in [2.45, 2.75) is 52.2 Å². The Morgan fingerprint density at radius 2 is 1.83 bits per heavy atom. The molecule has 1 amide bonds. The minimum absolute atomic E-state index is 0.00292. The lowest BCUT2D eigenvalue weighted by atomic mass is 9.88. The van der Waals surface area contributed by atoms with Gasteiger partial charge in [-0.05, 0) is 82.4 Å². The summed E-state index contributed by atoms with van der Waals surface area (Å²) in [6.45, 7) is 7.63. The molecule has 0 bridgehead atoms. The number of carbonyl (C=O) groups is 1. The third-order valence-corrected chi connectivity index (χ3v) is 6.74. The van der Waals surface area contributed by atoms with Crippen molar-refractivity contribution in [3.05, 3.63) is 53.7 Å². The van der Waals surface area contributed by atoms with Crippen LogP contribution in [0.4, 0.5) is 10.2 Å². The van der Waals surface area contributed by atoms with Crippen LogP contribution >= 0.6 is 0 Å². The zero-order valence-corrected chi connectivity index (χ0v) is 20.6. The van der Waals surface area contributed by atoms with E-state index in [2.05, 4.69) is 20.0 Å². The lowest BCUT2D eigenvalue weighted by Gasteiger charge is -2.37. The summed E-state index contributed by atoms with van der Waals surface area (Å²) in [6.07, 6.45) is 6.32. The molecule has 2 aliphatic heterocycles. The summed E-state index contributed by atoms with van der Waals surface area (Å²) in [7, 11) is 0. The number of hydrogen-bond acceptors (Lipinski definition) is 7. The first-order chi connectivity index (χ1) is 16.9. The highest BCUT2D eigenvalue weighted by molar-refractivity contribution is 6.00. The summed E-state index contributed by atoms with van der Waals surface area (Å²) in [5.41, 5.74) is 7.71. The number of aromatic nitrogens is 2. The number of oxime groups is 1. The average Bonchev–Trinajstić information content (AvgIpc) is 2.85. The zero-order chi connectivity index (χ0) is 24.8. The Morgan fingerprint density at radius 3 is 2.49 bits per heavy atom. The van der Waals surface area contributed by atoms with E-state index in [1.807, 2.05) is 30.9 Å². The Kier molecular flexibility index (Phi) is 8.28. The van der Waals surface area contributed by atoms with Gasteiger partial charge in [0, 0.05) is 43.9 Å². The van der Waals surface area contributed by atoms with Crippen molar-refractivity contribution in [2.24, 2.45) is 17.0 Å². The molecule has 2 aliphatic rings. The smallest absolute Gasteiger partial charge is 0.225 e. The second kappa shape index (κ2) is 11.6. The van der Waals surface area contributed by atoms with Gasteiger partial charge in [0.1, 0.15) is 23.3 Å². The van der Waals surface area contributed by atoms with Crippen LogP contribution in [0.3, 0.4) is 0 Å². The maximum atomic E-state index is 14.5. The van der Waals surface area contributed by atoms with Gasteiger partial charge in [0.05, 0.1) is 0 Å². The van der Waals surface area contributed by atoms with Crippen LogP contribution in [0.1, 0.15) is 50.8 Å². The lowest BCUT2D eigenvalue weighted by molar-refractivity contribution is -0.138. The van der Waals surface area contributed by atoms with E-state index in [9.17, 15) is 9.18 Å². The molecule has 0 aromatic carbocycles. The van der Waals surface area contributed by atoms with E-state index < -0.39 is 5.82 Å². The van der Waals surface area contributed by atoms with E-state index in [1.54, 1.807) is 18.5 Å². The molecule has 4 rings (SSSR count). The number of nitrogens with zero attached hydrogens (tertiary/aromatic N) is 5. The maximum Gasteiger partial charge on any atom is 0.225 e. The number of piperidine rings is 2. The van der Waals surface area contributed by atoms with Crippen LogP contribution in [-0.4, -0.2) is 63.7 Å². The van der Waals surface area contributed by atoms with Gasteiger partial charge in [0.2, 0.25) is 5.91 Å². The fourth-order valence-corrected chi connectivity index (χ4v) is 4.87. The Morgan fingerprint density at radius 1 is 1.11 bits per heavy atom. The predicted octanol–water partition coefficient (Wildman–Crippen LogP) is 3.48. The molecule has 2 fully saturated rings. The standard InChI is InChI=1S/C26H35FN6O2/c1-18(2)35-31-24(25-22(27)4-3-10-30-25)20-8-14-33(15-9-20)26(34)21-6-12-32(13-7-21)17-19-5-11-29-23(28)16-19/h3-5,10-11,16,18,20-21H,6-9,12-15,17H2,1-2H3,(H2,28,29). The van der Waals surface area contributed by atoms with Crippen LogP contribution in [-0.2, 0) is 16.2 Å². The third-order valence-electron chi connectivity index (χ3n) is 6.74. The van der Waals surface area contributed by atoms with Crippen molar-refractivity contribution in [1.29, 1.82) is 0 Å². The predicted molar refractivity (Wildman–Crippen MR) is 133 cm³/mol. The Labute approximate surface area is 206 Å². The van der Waals surface area contributed by atoms with Crippen molar-refractivity contribution in [2.75, 3.05) is 31.9 Å². The molecule has 8 nitrogen and oxygen atoms in total. The molecule has 0 atom stereocenters. The van der Waals surface area contributed by atoms with E-state index in [0.717, 1.165) is 38.0 Å². The van der Waals surface area contributed by atoms with Crippen LogP contribution in [0.5, 0.6) is 0 Å². The normalized spacial score (nSPS) is 18.7. The molecule has 0 spiro atoms. The first kappa shape index (κ1) is 25.0. The summed E-state index contributed by atoms with van der Waals surface area (Å²) in [5.74, 6) is 0.411. The van der Waals surface area contributed by atoms with E-state index in [4.69, 9.17) is 10.6 Å². The van der Waals surface area contributed by atoms with Gasteiger partial charge in [-0.15, -0.1) is 0 Å². The van der Waals surface area contributed by atoms with Gasteiger partial charge in [-0.2, -0.15) is 0 Å². The largest absolute Gasteiger partial charge is 0.393 e. The van der Waals surface area contributed by atoms with E-state index in [1.165, 1.54) is 6.07 Å². The molecule has 4 heterocycles. The average molecular weight is 483 g/mol. The monoisotopic (exact) mass is 482 g/mol. The second-order valence-electron chi connectivity index (χ2n) is 9.70. The first-order valence-corrected chi connectivity index (χ1v) is 12.5. The van der Waals surface area contributed by atoms with Gasteiger partial charge in [-0.1, -0.05) is 5.16 Å². The Hall–Kier alpha value is -3.07. The van der Waals surface area contributed by atoms with Gasteiger partial charge in [-0.3, -0.25) is 14.7 Å². The number of carbonyl (C=O) groups excluding carboxylic acids is 1. The van der Waals surface area contributed by atoms with Crippen molar-refractivity contribution >= 4 is 17.4 Å². The molecule has 0 saturated carbocycles. The van der Waals surface area contributed by atoms with E-state index >= 15 is 0 Å². The summed E-state index contributed by atoms with van der Waals surface area (Å²) in [4.78, 5) is 31.3. The molecule has 188 valence electrons. The number of likely N-dealkylation sites (tertiary alicyclic amines) is 2. The Bertz CT molecular complexity index is 1030. The van der Waals surface area contributed by atoms with Gasteiger partial charge < -0.3 is 15.5 Å². The number of pyridine rings is 2. The van der Waals surface area contributed by atoms with Gasteiger partial charge in [-0.25, -0.2) is 9.37 Å². The topological polar surface area (TPSA) is 96.9 Å².